The molecule has 152 valence electrons. The number of ether oxygens (including phenoxy) is 1. The zero-order chi connectivity index (χ0) is 20.4. The highest BCUT2D eigenvalue weighted by Crippen LogP contribution is 2.44. The van der Waals surface area contributed by atoms with Crippen LogP contribution in [0.1, 0.15) is 12.7 Å². The first-order valence-corrected chi connectivity index (χ1v) is 11.8. The van der Waals surface area contributed by atoms with Crippen molar-refractivity contribution in [2.75, 3.05) is 24.6 Å². The molecule has 3 rings (SSSR count). The van der Waals surface area contributed by atoms with Gasteiger partial charge in [-0.3, -0.25) is 18.8 Å². The second-order valence-corrected chi connectivity index (χ2v) is 9.86. The summed E-state index contributed by atoms with van der Waals surface area (Å²) in [5.74, 6) is -0.00281. The lowest BCUT2D eigenvalue weighted by atomic mass is 10.0. The Hall–Kier alpha value is -1.28. The first-order chi connectivity index (χ1) is 13.3. The number of fused-ring (bicyclic) bond motifs is 1. The second kappa shape index (κ2) is 9.03. The average molecular weight is 463 g/mol. The van der Waals surface area contributed by atoms with E-state index in [2.05, 4.69) is 9.36 Å². The maximum Gasteiger partial charge on any atom is 0.352 e. The molecule has 28 heavy (non-hydrogen) atoms. The third kappa shape index (κ3) is 4.17. The highest BCUT2D eigenvalue weighted by atomic mass is 32.2. The Labute approximate surface area is 178 Å². The normalized spacial score (nSPS) is 21.4. The molecule has 9 nitrogen and oxygen atoms in total. The summed E-state index contributed by atoms with van der Waals surface area (Å²) in [4.78, 5) is 42.2. The van der Waals surface area contributed by atoms with Crippen LogP contribution in [0.15, 0.2) is 15.6 Å². The molecule has 1 saturated heterocycles. The van der Waals surface area contributed by atoms with Crippen molar-refractivity contribution in [3.63, 3.8) is 0 Å². The number of β-lactam (4-membered cyclic amide) rings is 1. The van der Waals surface area contributed by atoms with Crippen molar-refractivity contribution >= 4 is 64.8 Å². The molecule has 0 aromatic carbocycles. The molecule has 2 aliphatic heterocycles. The number of carbonyl (C=O) groups excluding carboxylic acids is 2. The third-order valence-corrected chi connectivity index (χ3v) is 8.41. The molecule has 3 heterocycles. The topological polar surface area (TPSA) is 113 Å². The monoisotopic (exact) mass is 462 g/mol. The molecule has 2 atom stereocenters. The summed E-state index contributed by atoms with van der Waals surface area (Å²) in [5.41, 5.74) is 0.677. The van der Waals surface area contributed by atoms with Crippen LogP contribution in [0.2, 0.25) is 0 Å². The second-order valence-electron chi connectivity index (χ2n) is 5.89. The van der Waals surface area contributed by atoms with E-state index >= 15 is 0 Å². The minimum atomic E-state index is -1.14. The molecule has 1 aromatic rings. The van der Waals surface area contributed by atoms with Gasteiger partial charge in [0.2, 0.25) is 5.91 Å². The summed E-state index contributed by atoms with van der Waals surface area (Å²) in [6, 6.07) is -0.697. The van der Waals surface area contributed by atoms with Crippen LogP contribution < -0.4 is 0 Å². The molecule has 1 fully saturated rings. The molecule has 0 radical (unpaired) electrons. The summed E-state index contributed by atoms with van der Waals surface area (Å²) in [7, 11) is 1.50. The first-order valence-electron chi connectivity index (χ1n) is 8.10. The van der Waals surface area contributed by atoms with E-state index in [-0.39, 0.29) is 23.5 Å². The molecule has 0 bridgehead atoms. The number of aromatic nitrogens is 2. The number of amides is 2. The van der Waals surface area contributed by atoms with Crippen molar-refractivity contribution in [3.05, 3.63) is 17.1 Å². The number of carboxylic acid groups (broad SMARTS) is 1. The van der Waals surface area contributed by atoms with Crippen LogP contribution in [0.25, 0.3) is 0 Å². The number of carbonyl (C=O) groups is 3. The van der Waals surface area contributed by atoms with E-state index < -0.39 is 17.4 Å². The minimum Gasteiger partial charge on any atom is -0.477 e. The Morgan fingerprint density at radius 1 is 1.46 bits per heavy atom. The molecule has 1 unspecified atom stereocenters. The Kier molecular flexibility index (Phi) is 6.91. The summed E-state index contributed by atoms with van der Waals surface area (Å²) in [6.07, 6.45) is 0. The molecular weight excluding hydrogens is 444 g/mol. The van der Waals surface area contributed by atoms with E-state index in [9.17, 15) is 19.5 Å². The van der Waals surface area contributed by atoms with E-state index in [1.807, 2.05) is 0 Å². The van der Waals surface area contributed by atoms with Crippen molar-refractivity contribution in [2.45, 2.75) is 29.6 Å². The Bertz CT molecular complexity index is 829. The number of aliphatic carboxylic acids is 1. The van der Waals surface area contributed by atoms with E-state index in [0.717, 1.165) is 16.3 Å². The molecule has 0 aliphatic carbocycles. The predicted octanol–water partition coefficient (Wildman–Crippen LogP) is 1.66. The molecule has 2 amide bonds. The van der Waals surface area contributed by atoms with Crippen LogP contribution in [-0.2, 0) is 19.1 Å². The van der Waals surface area contributed by atoms with Crippen molar-refractivity contribution in [1.29, 1.82) is 0 Å². The van der Waals surface area contributed by atoms with Gasteiger partial charge >= 0.3 is 5.97 Å². The Morgan fingerprint density at radius 2 is 2.21 bits per heavy atom. The number of hydrogen-bond acceptors (Lipinski definition) is 10. The summed E-state index contributed by atoms with van der Waals surface area (Å²) in [6.45, 7) is 3.18. The molecule has 0 spiro atoms. The summed E-state index contributed by atoms with van der Waals surface area (Å²) >= 11 is 5.25. The SMILES string of the molecule is COCSN(C(C)=O)[C@@H]1C(=O)N2C(C(=O)O)=C(CSc3nc(C)ns3)CSC12. The number of nitrogens with zero attached hydrogens (tertiary/aromatic N) is 4. The van der Waals surface area contributed by atoms with Gasteiger partial charge < -0.3 is 9.84 Å². The Morgan fingerprint density at radius 3 is 2.79 bits per heavy atom. The molecule has 2 aliphatic rings. The molecular formula is C15H18N4O5S4. The molecule has 0 saturated carbocycles. The van der Waals surface area contributed by atoms with Crippen LogP contribution in [0.4, 0.5) is 0 Å². The summed E-state index contributed by atoms with van der Waals surface area (Å²) in [5, 5.41) is 9.31. The highest BCUT2D eigenvalue weighted by Gasteiger charge is 2.56. The molecule has 1 N–H and O–H groups in total. The van der Waals surface area contributed by atoms with Gasteiger partial charge in [-0.2, -0.15) is 4.37 Å². The van der Waals surface area contributed by atoms with Gasteiger partial charge in [-0.25, -0.2) is 9.78 Å². The fourth-order valence-electron chi connectivity index (χ4n) is 2.82. The van der Waals surface area contributed by atoms with Gasteiger partial charge in [-0.05, 0) is 36.0 Å². The fraction of sp³-hybridized carbons (Fsp3) is 0.533. The minimum absolute atomic E-state index is 0.0129. The third-order valence-electron chi connectivity index (χ3n) is 3.97. The van der Waals surface area contributed by atoms with Crippen LogP contribution in [0.5, 0.6) is 0 Å². The van der Waals surface area contributed by atoms with Gasteiger partial charge in [-0.15, -0.1) is 11.8 Å². The maximum atomic E-state index is 12.8. The van der Waals surface area contributed by atoms with Gasteiger partial charge in [0.25, 0.3) is 5.91 Å². The van der Waals surface area contributed by atoms with Crippen molar-refractivity contribution < 1.29 is 24.2 Å². The predicted molar refractivity (Wildman–Crippen MR) is 109 cm³/mol. The van der Waals surface area contributed by atoms with Gasteiger partial charge in [0.05, 0.1) is 0 Å². The fourth-order valence-corrected chi connectivity index (χ4v) is 6.84. The maximum absolute atomic E-state index is 12.8. The number of hydrogen-bond donors (Lipinski definition) is 1. The van der Waals surface area contributed by atoms with Crippen molar-refractivity contribution in [2.24, 2.45) is 0 Å². The number of rotatable bonds is 8. The molecule has 1 aromatic heterocycles. The quantitative estimate of drug-likeness (QED) is 0.265. The highest BCUT2D eigenvalue weighted by molar-refractivity contribution is 8.02. The first kappa shape index (κ1) is 21.4. The molecule has 13 heteroatoms. The van der Waals surface area contributed by atoms with Crippen LogP contribution >= 0.6 is 47.0 Å². The van der Waals surface area contributed by atoms with Gasteiger partial charge in [0.1, 0.15) is 22.8 Å². The largest absolute Gasteiger partial charge is 0.477 e. The van der Waals surface area contributed by atoms with Gasteiger partial charge in [-0.1, -0.05) is 11.8 Å². The van der Waals surface area contributed by atoms with E-state index in [0.29, 0.717) is 22.9 Å². The van der Waals surface area contributed by atoms with Crippen molar-refractivity contribution in [3.8, 4) is 0 Å². The van der Waals surface area contributed by atoms with Gasteiger partial charge in [0.15, 0.2) is 10.4 Å². The summed E-state index contributed by atoms with van der Waals surface area (Å²) < 4.78 is 11.2. The zero-order valence-corrected chi connectivity index (χ0v) is 18.5. The van der Waals surface area contributed by atoms with E-state index in [4.69, 9.17) is 4.74 Å². The van der Waals surface area contributed by atoms with Crippen molar-refractivity contribution in [1.82, 2.24) is 18.6 Å². The number of aryl methyl sites for hydroxylation is 1. The van der Waals surface area contributed by atoms with Crippen LogP contribution in [0.3, 0.4) is 0 Å². The number of thioether (sulfide) groups is 2. The standard InChI is InChI=1S/C15H18N4O5S4/c1-7-16-15(28-17-7)26-5-9-4-25-13-11(19(8(2)20)27-6-24-3)12(21)18(13)10(9)14(22)23/h11,13H,4-6H2,1-3H3,(H,22,23)/t11-,13?/m1/s1. The van der Waals surface area contributed by atoms with E-state index in [1.54, 1.807) is 6.92 Å². The van der Waals surface area contributed by atoms with E-state index in [1.165, 1.54) is 58.3 Å². The lowest BCUT2D eigenvalue weighted by Crippen LogP contribution is -2.70. The van der Waals surface area contributed by atoms with Gasteiger partial charge in [0, 0.05) is 25.5 Å². The Balaban J connectivity index is 1.79. The van der Waals surface area contributed by atoms with Crippen LogP contribution in [-0.4, -0.2) is 77.4 Å². The lowest BCUT2D eigenvalue weighted by molar-refractivity contribution is -0.154. The smallest absolute Gasteiger partial charge is 0.352 e. The number of methoxy groups -OCH3 is 1. The zero-order valence-electron chi connectivity index (χ0n) is 15.3. The average Bonchev–Trinajstić information content (AvgIpc) is 3.07. The van der Waals surface area contributed by atoms with Crippen LogP contribution in [0, 0.1) is 6.92 Å². The lowest BCUT2D eigenvalue weighted by Gasteiger charge is -2.52. The number of carboxylic acids is 1.